The molecule has 0 aliphatic heterocycles. The van der Waals surface area contributed by atoms with E-state index in [4.69, 9.17) is 0 Å². The summed E-state index contributed by atoms with van der Waals surface area (Å²) in [5.41, 5.74) is 0. The number of hydrogen-bond donors (Lipinski definition) is 1. The van der Waals surface area contributed by atoms with Crippen LogP contribution in [0, 0.1) is 0 Å². The highest BCUT2D eigenvalue weighted by Gasteiger charge is 2.15. The molecule has 0 amide bonds. The Morgan fingerprint density at radius 3 is 2.67 bits per heavy atom. The van der Waals surface area contributed by atoms with E-state index in [9.17, 15) is 0 Å². The van der Waals surface area contributed by atoms with Crippen molar-refractivity contribution in [3.63, 3.8) is 0 Å². The molecule has 0 atom stereocenters. The minimum Gasteiger partial charge on any atom is -0.356 e. The minimum absolute atomic E-state index is 0.664. The molecule has 0 spiro atoms. The Balaban J connectivity index is 1.95. The van der Waals surface area contributed by atoms with E-state index in [1.54, 1.807) is 0 Å². The van der Waals surface area contributed by atoms with Gasteiger partial charge in [-0.15, -0.1) is 0 Å². The molecule has 0 unspecified atom stereocenters. The third kappa shape index (κ3) is 3.76. The summed E-state index contributed by atoms with van der Waals surface area (Å²) >= 11 is 0. The van der Waals surface area contributed by atoms with Crippen molar-refractivity contribution in [3.05, 3.63) is 12.4 Å². The minimum atomic E-state index is 0.664. The van der Waals surface area contributed by atoms with Crippen LogP contribution in [0.2, 0.25) is 0 Å². The molecule has 3 nitrogen and oxygen atoms in total. The van der Waals surface area contributed by atoms with E-state index in [0.717, 1.165) is 12.5 Å². The molecular weight excluding hydrogens is 222 g/mol. The highest BCUT2D eigenvalue weighted by atomic mass is 15.2. The van der Waals surface area contributed by atoms with Crippen LogP contribution >= 0.6 is 0 Å². The standard InChI is InChI=1S/C15H27N3/c1-2-3-11-16-15-17-12-13-18(15)14-9-7-5-4-6-8-10-14/h12-14H,2-11H2,1H3,(H,16,17). The lowest BCUT2D eigenvalue weighted by molar-refractivity contribution is 0.374. The summed E-state index contributed by atoms with van der Waals surface area (Å²) in [5, 5.41) is 3.48. The fourth-order valence-electron chi connectivity index (χ4n) is 2.83. The van der Waals surface area contributed by atoms with Crippen LogP contribution in [0.1, 0.15) is 70.8 Å². The van der Waals surface area contributed by atoms with Gasteiger partial charge in [-0.1, -0.05) is 45.4 Å². The molecule has 1 N–H and O–H groups in total. The lowest BCUT2D eigenvalue weighted by Gasteiger charge is -2.23. The van der Waals surface area contributed by atoms with Gasteiger partial charge >= 0.3 is 0 Å². The van der Waals surface area contributed by atoms with Gasteiger partial charge in [0, 0.05) is 25.0 Å². The van der Waals surface area contributed by atoms with Gasteiger partial charge in [0.25, 0.3) is 0 Å². The zero-order valence-electron chi connectivity index (χ0n) is 11.7. The molecule has 2 rings (SSSR count). The predicted octanol–water partition coefficient (Wildman–Crippen LogP) is 4.38. The van der Waals surface area contributed by atoms with Gasteiger partial charge in [-0.05, 0) is 19.3 Å². The summed E-state index contributed by atoms with van der Waals surface area (Å²) in [6.45, 7) is 3.27. The van der Waals surface area contributed by atoms with Crippen molar-refractivity contribution in [3.8, 4) is 0 Å². The van der Waals surface area contributed by atoms with Crippen molar-refractivity contribution in [2.45, 2.75) is 70.8 Å². The number of hydrogen-bond acceptors (Lipinski definition) is 2. The average molecular weight is 249 g/mol. The van der Waals surface area contributed by atoms with E-state index in [2.05, 4.69) is 28.0 Å². The first kappa shape index (κ1) is 13.4. The van der Waals surface area contributed by atoms with Gasteiger partial charge in [-0.2, -0.15) is 0 Å². The molecule has 0 saturated heterocycles. The van der Waals surface area contributed by atoms with Crippen LogP contribution < -0.4 is 5.32 Å². The van der Waals surface area contributed by atoms with E-state index >= 15 is 0 Å². The second-order valence-electron chi connectivity index (χ2n) is 5.44. The van der Waals surface area contributed by atoms with Gasteiger partial charge in [-0.3, -0.25) is 0 Å². The number of imidazole rings is 1. The largest absolute Gasteiger partial charge is 0.356 e. The van der Waals surface area contributed by atoms with E-state index in [-0.39, 0.29) is 0 Å². The van der Waals surface area contributed by atoms with Crippen LogP contribution in [-0.4, -0.2) is 16.1 Å². The molecule has 0 bridgehead atoms. The van der Waals surface area contributed by atoms with E-state index in [0.29, 0.717) is 6.04 Å². The van der Waals surface area contributed by atoms with Crippen LogP contribution in [-0.2, 0) is 0 Å². The van der Waals surface area contributed by atoms with Gasteiger partial charge < -0.3 is 9.88 Å². The van der Waals surface area contributed by atoms with Crippen LogP contribution in [0.3, 0.4) is 0 Å². The molecule has 0 aromatic carbocycles. The molecular formula is C15H27N3. The monoisotopic (exact) mass is 249 g/mol. The van der Waals surface area contributed by atoms with Crippen molar-refractivity contribution in [2.24, 2.45) is 0 Å². The fraction of sp³-hybridized carbons (Fsp3) is 0.800. The number of nitrogens with one attached hydrogen (secondary N) is 1. The SMILES string of the molecule is CCCCNc1nccn1C1CCCCCCC1. The fourth-order valence-corrected chi connectivity index (χ4v) is 2.83. The van der Waals surface area contributed by atoms with E-state index in [1.807, 2.05) is 6.20 Å². The molecule has 1 aliphatic rings. The summed E-state index contributed by atoms with van der Waals surface area (Å²) < 4.78 is 2.38. The molecule has 1 aliphatic carbocycles. The van der Waals surface area contributed by atoms with Crippen LogP contribution in [0.15, 0.2) is 12.4 Å². The number of aromatic nitrogens is 2. The highest BCUT2D eigenvalue weighted by Crippen LogP contribution is 2.28. The number of anilines is 1. The highest BCUT2D eigenvalue weighted by molar-refractivity contribution is 5.26. The van der Waals surface area contributed by atoms with Crippen molar-refractivity contribution >= 4 is 5.95 Å². The third-order valence-corrected chi connectivity index (χ3v) is 3.95. The lowest BCUT2D eigenvalue weighted by atomic mass is 9.96. The van der Waals surface area contributed by atoms with Gasteiger partial charge in [0.2, 0.25) is 5.95 Å². The summed E-state index contributed by atoms with van der Waals surface area (Å²) in [4.78, 5) is 4.47. The molecule has 1 fully saturated rings. The molecule has 0 radical (unpaired) electrons. The Kier molecular flexibility index (Phi) is 5.56. The molecule has 1 aromatic rings. The summed E-state index contributed by atoms with van der Waals surface area (Å²) in [5.74, 6) is 1.08. The smallest absolute Gasteiger partial charge is 0.203 e. The zero-order valence-corrected chi connectivity index (χ0v) is 11.7. The first-order valence-corrected chi connectivity index (χ1v) is 7.68. The average Bonchev–Trinajstić information content (AvgIpc) is 2.77. The van der Waals surface area contributed by atoms with Crippen molar-refractivity contribution in [2.75, 3.05) is 11.9 Å². The summed E-state index contributed by atoms with van der Waals surface area (Å²) in [6, 6.07) is 0.664. The first-order chi connectivity index (χ1) is 8.92. The molecule has 102 valence electrons. The number of unbranched alkanes of at least 4 members (excludes halogenated alkanes) is 1. The van der Waals surface area contributed by atoms with E-state index in [1.165, 1.54) is 57.8 Å². The second kappa shape index (κ2) is 7.45. The molecule has 1 heterocycles. The van der Waals surface area contributed by atoms with Crippen LogP contribution in [0.5, 0.6) is 0 Å². The topological polar surface area (TPSA) is 29.9 Å². The van der Waals surface area contributed by atoms with Gasteiger partial charge in [-0.25, -0.2) is 4.98 Å². The third-order valence-electron chi connectivity index (χ3n) is 3.95. The number of nitrogens with zero attached hydrogens (tertiary/aromatic N) is 2. The Labute approximate surface area is 111 Å². The summed E-state index contributed by atoms with van der Waals surface area (Å²) in [6.07, 6.45) is 16.2. The maximum Gasteiger partial charge on any atom is 0.203 e. The predicted molar refractivity (Wildman–Crippen MR) is 77.0 cm³/mol. The normalized spacial score (nSPS) is 18.3. The van der Waals surface area contributed by atoms with Gasteiger partial charge in [0.1, 0.15) is 0 Å². The van der Waals surface area contributed by atoms with Crippen molar-refractivity contribution in [1.29, 1.82) is 0 Å². The van der Waals surface area contributed by atoms with Crippen LogP contribution in [0.25, 0.3) is 0 Å². The molecule has 1 aromatic heterocycles. The molecule has 1 saturated carbocycles. The Bertz CT molecular complexity index is 324. The second-order valence-corrected chi connectivity index (χ2v) is 5.44. The van der Waals surface area contributed by atoms with Crippen molar-refractivity contribution < 1.29 is 0 Å². The van der Waals surface area contributed by atoms with Gasteiger partial charge in [0.05, 0.1) is 0 Å². The quantitative estimate of drug-likeness (QED) is 0.785. The maximum absolute atomic E-state index is 4.47. The Morgan fingerprint density at radius 1 is 1.22 bits per heavy atom. The van der Waals surface area contributed by atoms with E-state index < -0.39 is 0 Å². The van der Waals surface area contributed by atoms with Gasteiger partial charge in [0.15, 0.2) is 0 Å². The zero-order chi connectivity index (χ0) is 12.6. The Morgan fingerprint density at radius 2 is 1.94 bits per heavy atom. The molecule has 3 heteroatoms. The Hall–Kier alpha value is -0.990. The van der Waals surface area contributed by atoms with Crippen molar-refractivity contribution in [1.82, 2.24) is 9.55 Å². The van der Waals surface area contributed by atoms with Crippen LogP contribution in [0.4, 0.5) is 5.95 Å². The molecule has 18 heavy (non-hydrogen) atoms. The first-order valence-electron chi connectivity index (χ1n) is 7.68. The maximum atomic E-state index is 4.47. The number of rotatable bonds is 5. The lowest BCUT2D eigenvalue weighted by Crippen LogP contribution is -2.15. The summed E-state index contributed by atoms with van der Waals surface area (Å²) in [7, 11) is 0.